The molecule has 0 radical (unpaired) electrons. The molecule has 0 unspecified atom stereocenters. The summed E-state index contributed by atoms with van der Waals surface area (Å²) in [6, 6.07) is 10.6. The number of hydrogen-bond acceptors (Lipinski definition) is 6. The highest BCUT2D eigenvalue weighted by Crippen LogP contribution is 2.49. The molecular weight excluding hydrogens is 566 g/mol. The minimum atomic E-state index is -4.61. The van der Waals surface area contributed by atoms with Crippen LogP contribution in [-0.4, -0.2) is 49.6 Å². The van der Waals surface area contributed by atoms with Crippen molar-refractivity contribution in [2.24, 2.45) is 0 Å². The van der Waals surface area contributed by atoms with E-state index in [0.717, 1.165) is 29.7 Å². The van der Waals surface area contributed by atoms with E-state index in [-0.39, 0.29) is 45.9 Å². The van der Waals surface area contributed by atoms with Gasteiger partial charge in [0.15, 0.2) is 17.3 Å². The molecule has 1 aliphatic rings. The maximum atomic E-state index is 15.3. The van der Waals surface area contributed by atoms with Crippen molar-refractivity contribution in [3.63, 3.8) is 0 Å². The number of thiophene rings is 1. The Kier molecular flexibility index (Phi) is 8.14. The van der Waals surface area contributed by atoms with Crippen LogP contribution in [-0.2, 0) is 6.42 Å². The first kappa shape index (κ1) is 28.7. The molecule has 0 saturated carbocycles. The molecular formula is C29H26F6N4OS. The summed E-state index contributed by atoms with van der Waals surface area (Å²) in [5.74, 6) is -1.62. The van der Waals surface area contributed by atoms with Gasteiger partial charge in [0, 0.05) is 58.9 Å². The van der Waals surface area contributed by atoms with E-state index in [0.29, 0.717) is 47.4 Å². The number of anilines is 2. The van der Waals surface area contributed by atoms with Crippen LogP contribution >= 0.6 is 11.3 Å². The molecule has 1 aromatic heterocycles. The third kappa shape index (κ3) is 6.28. The molecule has 4 N–H and O–H groups in total. The summed E-state index contributed by atoms with van der Waals surface area (Å²) in [5, 5.41) is 11.5. The van der Waals surface area contributed by atoms with Gasteiger partial charge in [0.2, 0.25) is 0 Å². The van der Waals surface area contributed by atoms with E-state index in [1.54, 1.807) is 12.1 Å². The smallest absolute Gasteiger partial charge is 0.393 e. The van der Waals surface area contributed by atoms with Gasteiger partial charge in [-0.3, -0.25) is 9.29 Å². The second kappa shape index (κ2) is 11.6. The molecule has 12 heteroatoms. The second-order valence-corrected chi connectivity index (χ2v) is 10.9. The third-order valence-corrected chi connectivity index (χ3v) is 8.07. The standard InChI is InChI=1S/C29H26F6N4OS/c30-8-1-9-39-14-19(15-39)38-18-3-7-25(23(32)11-18)40-26-21-5-6-24(37)22(13-36)27(21)41-28(26)20-4-2-17(31)10-16(20)12-29(33,34)35/h2-7,10-11,13,19,36,38H,1,8-9,12,14-15,37H2. The molecule has 1 saturated heterocycles. The number of likely N-dealkylation sites (tertiary alicyclic amines) is 1. The van der Waals surface area contributed by atoms with Crippen molar-refractivity contribution in [3.05, 3.63) is 71.3 Å². The maximum Gasteiger partial charge on any atom is 0.393 e. The Morgan fingerprint density at radius 3 is 2.56 bits per heavy atom. The summed E-state index contributed by atoms with van der Waals surface area (Å²) >= 11 is 1.03. The molecule has 0 spiro atoms. The lowest BCUT2D eigenvalue weighted by atomic mass is 10.0. The molecule has 0 atom stereocenters. The van der Waals surface area contributed by atoms with E-state index in [1.807, 2.05) is 0 Å². The van der Waals surface area contributed by atoms with E-state index < -0.39 is 24.2 Å². The molecule has 2 heterocycles. The minimum Gasteiger partial charge on any atom is -0.452 e. The number of halogens is 6. The zero-order valence-electron chi connectivity index (χ0n) is 21.6. The summed E-state index contributed by atoms with van der Waals surface area (Å²) in [6.07, 6.45) is -4.49. The summed E-state index contributed by atoms with van der Waals surface area (Å²) in [4.78, 5) is 2.31. The van der Waals surface area contributed by atoms with Gasteiger partial charge < -0.3 is 21.2 Å². The first-order chi connectivity index (χ1) is 19.6. The highest BCUT2D eigenvalue weighted by atomic mass is 32.1. The van der Waals surface area contributed by atoms with Gasteiger partial charge in [0.05, 0.1) is 24.0 Å². The molecule has 0 aliphatic carbocycles. The van der Waals surface area contributed by atoms with E-state index in [1.165, 1.54) is 24.3 Å². The van der Waals surface area contributed by atoms with Gasteiger partial charge in [0.25, 0.3) is 0 Å². The number of alkyl halides is 4. The van der Waals surface area contributed by atoms with Crippen LogP contribution in [0.2, 0.25) is 0 Å². The molecule has 5 nitrogen and oxygen atoms in total. The van der Waals surface area contributed by atoms with Gasteiger partial charge in [-0.25, -0.2) is 8.78 Å². The summed E-state index contributed by atoms with van der Waals surface area (Å²) in [7, 11) is 0. The number of fused-ring (bicyclic) bond motifs is 1. The number of nitrogens with two attached hydrogens (primary N) is 1. The van der Waals surface area contributed by atoms with Gasteiger partial charge in [0.1, 0.15) is 5.82 Å². The molecule has 1 aliphatic heterocycles. The Balaban J connectivity index is 1.51. The normalized spacial score (nSPS) is 14.3. The average molecular weight is 593 g/mol. The van der Waals surface area contributed by atoms with Gasteiger partial charge >= 0.3 is 6.18 Å². The largest absolute Gasteiger partial charge is 0.452 e. The molecule has 0 amide bonds. The predicted molar refractivity (Wildman–Crippen MR) is 150 cm³/mol. The number of hydrogen-bond donors (Lipinski definition) is 3. The first-order valence-electron chi connectivity index (χ1n) is 12.8. The van der Waals surface area contributed by atoms with Crippen molar-refractivity contribution in [3.8, 4) is 21.9 Å². The van der Waals surface area contributed by atoms with E-state index >= 15 is 4.39 Å². The lowest BCUT2D eigenvalue weighted by Crippen LogP contribution is -2.54. The van der Waals surface area contributed by atoms with Crippen molar-refractivity contribution in [2.45, 2.75) is 25.1 Å². The zero-order valence-corrected chi connectivity index (χ0v) is 22.4. The first-order valence-corrected chi connectivity index (χ1v) is 13.6. The van der Waals surface area contributed by atoms with Gasteiger partial charge in [-0.15, -0.1) is 11.3 Å². The molecule has 3 aromatic carbocycles. The van der Waals surface area contributed by atoms with Crippen LogP contribution in [0.1, 0.15) is 17.5 Å². The molecule has 4 aromatic rings. The number of benzene rings is 3. The molecule has 1 fully saturated rings. The number of ether oxygens (including phenoxy) is 1. The topological polar surface area (TPSA) is 74.4 Å². The second-order valence-electron chi connectivity index (χ2n) is 9.83. The number of nitrogen functional groups attached to an aromatic ring is 1. The Hall–Kier alpha value is -3.77. The van der Waals surface area contributed by atoms with Crippen LogP contribution in [0.4, 0.5) is 37.7 Å². The van der Waals surface area contributed by atoms with Crippen molar-refractivity contribution >= 4 is 39.0 Å². The fourth-order valence-electron chi connectivity index (χ4n) is 4.89. The highest BCUT2D eigenvalue weighted by Gasteiger charge is 2.31. The lowest BCUT2D eigenvalue weighted by molar-refractivity contribution is -0.127. The average Bonchev–Trinajstić information content (AvgIpc) is 3.23. The van der Waals surface area contributed by atoms with E-state index in [4.69, 9.17) is 15.9 Å². The summed E-state index contributed by atoms with van der Waals surface area (Å²) in [5.41, 5.74) is 6.95. The summed E-state index contributed by atoms with van der Waals surface area (Å²) in [6.45, 7) is 1.71. The van der Waals surface area contributed by atoms with Crippen molar-refractivity contribution in [1.29, 1.82) is 5.41 Å². The fourth-order valence-corrected chi connectivity index (χ4v) is 6.21. The fraction of sp³-hybridized carbons (Fsp3) is 0.276. The molecule has 5 rings (SSSR count). The number of nitrogens with zero attached hydrogens (tertiary/aromatic N) is 1. The highest BCUT2D eigenvalue weighted by molar-refractivity contribution is 7.23. The van der Waals surface area contributed by atoms with E-state index in [2.05, 4.69) is 10.2 Å². The zero-order chi connectivity index (χ0) is 29.3. The number of rotatable bonds is 10. The maximum absolute atomic E-state index is 15.3. The van der Waals surface area contributed by atoms with Crippen LogP contribution in [0.5, 0.6) is 11.5 Å². The third-order valence-electron chi connectivity index (χ3n) is 6.81. The Morgan fingerprint density at radius 1 is 1.10 bits per heavy atom. The quantitative estimate of drug-likeness (QED) is 0.0999. The van der Waals surface area contributed by atoms with Gasteiger partial charge in [-0.1, -0.05) is 6.07 Å². The van der Waals surface area contributed by atoms with Crippen LogP contribution in [0.25, 0.3) is 20.5 Å². The van der Waals surface area contributed by atoms with Crippen LogP contribution in [0.3, 0.4) is 0 Å². The molecule has 216 valence electrons. The molecule has 41 heavy (non-hydrogen) atoms. The Morgan fingerprint density at radius 2 is 1.88 bits per heavy atom. The predicted octanol–water partition coefficient (Wildman–Crippen LogP) is 7.78. The Bertz CT molecular complexity index is 1580. The lowest BCUT2D eigenvalue weighted by Gasteiger charge is -2.40. The van der Waals surface area contributed by atoms with Crippen molar-refractivity contribution in [1.82, 2.24) is 4.90 Å². The molecule has 0 bridgehead atoms. The van der Waals surface area contributed by atoms with Crippen LogP contribution < -0.4 is 15.8 Å². The summed E-state index contributed by atoms with van der Waals surface area (Å²) < 4.78 is 88.4. The minimum absolute atomic E-state index is 0.0743. The van der Waals surface area contributed by atoms with Crippen molar-refractivity contribution < 1.29 is 31.1 Å². The van der Waals surface area contributed by atoms with E-state index in [9.17, 15) is 22.0 Å². The Labute approximate surface area is 236 Å². The monoisotopic (exact) mass is 592 g/mol. The van der Waals surface area contributed by atoms with Gasteiger partial charge in [-0.05, 0) is 53.9 Å². The van der Waals surface area contributed by atoms with Gasteiger partial charge in [-0.2, -0.15) is 13.2 Å². The van der Waals surface area contributed by atoms with Crippen LogP contribution in [0, 0.1) is 17.0 Å². The number of nitrogens with one attached hydrogen (secondary N) is 2. The van der Waals surface area contributed by atoms with Crippen molar-refractivity contribution in [2.75, 3.05) is 37.4 Å². The van der Waals surface area contributed by atoms with Crippen LogP contribution in [0.15, 0.2) is 48.5 Å². The SMILES string of the molecule is N=Cc1c(N)ccc2c(Oc3ccc(NC4CN(CCCF)C4)cc3F)c(-c3ccc(F)cc3CC(F)(F)F)sc12.